The van der Waals surface area contributed by atoms with Gasteiger partial charge in [-0.2, -0.15) is 32.3 Å². The van der Waals surface area contributed by atoms with Gasteiger partial charge >= 0.3 is 6.18 Å². The van der Waals surface area contributed by atoms with E-state index in [1.807, 2.05) is 0 Å². The van der Waals surface area contributed by atoms with Crippen molar-refractivity contribution in [3.05, 3.63) is 75.7 Å². The highest BCUT2D eigenvalue weighted by Gasteiger charge is 2.88. The van der Waals surface area contributed by atoms with Crippen LogP contribution in [0.15, 0.2) is 53.6 Å². The first kappa shape index (κ1) is 41.3. The standard InChI is InChI=1S/C18H10Cl2F5N5S.C10H8Cl8/c19-11-5-9(18(23,24)25)6-12(20)14(11)30-16(28-8-10-3-1-2-4-27-10)15(31-17(21)22)13(7-26)29-30;1-4-7(2-11,3-12)9(16)6(14)5(13)8(4,15)10(9,17)18/h1-6,17,28H,8H2;5-6H,1-3H2. The van der Waals surface area contributed by atoms with Gasteiger partial charge in [-0.1, -0.05) is 59.0 Å². The zero-order valence-corrected chi connectivity index (χ0v) is 32.3. The number of alkyl halides is 13. The molecule has 0 aliphatic heterocycles. The summed E-state index contributed by atoms with van der Waals surface area (Å²) in [5, 5.41) is 13.7. The lowest BCUT2D eigenvalue weighted by atomic mass is 9.72. The number of thioether (sulfide) groups is 1. The summed E-state index contributed by atoms with van der Waals surface area (Å²) >= 11 is 62.8. The first-order valence-electron chi connectivity index (χ1n) is 13.2. The van der Waals surface area contributed by atoms with E-state index in [-0.39, 0.29) is 52.2 Å². The maximum Gasteiger partial charge on any atom is 0.416 e. The first-order chi connectivity index (χ1) is 22.7. The Balaban J connectivity index is 0.000000254. The summed E-state index contributed by atoms with van der Waals surface area (Å²) in [5.74, 6) is -2.86. The number of rotatable bonds is 8. The van der Waals surface area contributed by atoms with Gasteiger partial charge in [0.25, 0.3) is 5.76 Å². The first-order valence-corrected chi connectivity index (χ1v) is 18.3. The zero-order chi connectivity index (χ0) is 36.9. The Morgan fingerprint density at radius 1 is 1.04 bits per heavy atom. The highest BCUT2D eigenvalue weighted by atomic mass is 35.5. The second-order valence-corrected chi connectivity index (χ2v) is 16.3. The molecule has 2 bridgehead atoms. The number of hydrogen-bond donors (Lipinski definition) is 1. The monoisotopic (exact) mass is 901 g/mol. The number of nitriles is 1. The van der Waals surface area contributed by atoms with Crippen LogP contribution in [-0.2, 0) is 12.7 Å². The number of allylic oxidation sites excluding steroid dienone is 1. The number of halogens is 15. The van der Waals surface area contributed by atoms with Gasteiger partial charge in [-0.25, -0.2) is 4.68 Å². The SMILES string of the molecule is C=C1C(CCl)(CCl)C2(Cl)C(Cl)C(Cl)C1(Cl)C2(Cl)Cl.N#Cc1nn(-c2c(Cl)cc(C(F)(F)F)cc2Cl)c(NCc2ccccn2)c1SC(F)F. The molecule has 2 fully saturated rings. The highest BCUT2D eigenvalue weighted by Crippen LogP contribution is 2.79. The number of nitrogens with zero attached hydrogens (tertiary/aromatic N) is 4. The van der Waals surface area contributed by atoms with Crippen LogP contribution in [0.1, 0.15) is 17.0 Å². The third-order valence-corrected chi connectivity index (χ3v) is 15.0. The lowest BCUT2D eigenvalue weighted by Crippen LogP contribution is -2.57. The van der Waals surface area contributed by atoms with Crippen molar-refractivity contribution >= 4 is 134 Å². The van der Waals surface area contributed by atoms with E-state index in [1.165, 1.54) is 6.20 Å². The molecule has 49 heavy (non-hydrogen) atoms. The summed E-state index contributed by atoms with van der Waals surface area (Å²) < 4.78 is 64.7. The molecule has 4 unspecified atom stereocenters. The summed E-state index contributed by atoms with van der Waals surface area (Å²) in [5.41, 5.74) is -1.66. The minimum Gasteiger partial charge on any atom is -0.363 e. The third kappa shape index (κ3) is 6.66. The van der Waals surface area contributed by atoms with E-state index >= 15 is 0 Å². The van der Waals surface area contributed by atoms with E-state index in [2.05, 4.69) is 22.0 Å². The number of hydrogen-bond acceptors (Lipinski definition) is 5. The molecule has 2 aromatic heterocycles. The average molecular weight is 906 g/mol. The van der Waals surface area contributed by atoms with Gasteiger partial charge in [0, 0.05) is 23.4 Å². The van der Waals surface area contributed by atoms with Gasteiger partial charge in [-0.05, 0) is 41.6 Å². The molecule has 2 saturated carbocycles. The quantitative estimate of drug-likeness (QED) is 0.106. The van der Waals surface area contributed by atoms with Crippen LogP contribution in [0.3, 0.4) is 0 Å². The Hall–Kier alpha value is -0.490. The summed E-state index contributed by atoms with van der Waals surface area (Å²) in [6, 6.07) is 8.03. The molecule has 1 N–H and O–H groups in total. The van der Waals surface area contributed by atoms with Gasteiger partial charge in [0.1, 0.15) is 27.3 Å². The van der Waals surface area contributed by atoms with Crippen molar-refractivity contribution in [3.63, 3.8) is 0 Å². The van der Waals surface area contributed by atoms with Crippen LogP contribution in [-0.4, -0.2) is 57.1 Å². The van der Waals surface area contributed by atoms with Gasteiger partial charge in [0.15, 0.2) is 10.0 Å². The summed E-state index contributed by atoms with van der Waals surface area (Å²) in [7, 11) is 0. The predicted octanol–water partition coefficient (Wildman–Crippen LogP) is 11.8. The van der Waals surface area contributed by atoms with Crippen molar-refractivity contribution in [1.29, 1.82) is 5.26 Å². The number of anilines is 1. The largest absolute Gasteiger partial charge is 0.416 e. The summed E-state index contributed by atoms with van der Waals surface area (Å²) in [4.78, 5) is 1.15. The Morgan fingerprint density at radius 2 is 1.63 bits per heavy atom. The van der Waals surface area contributed by atoms with Crippen LogP contribution in [0, 0.1) is 16.7 Å². The van der Waals surface area contributed by atoms with Gasteiger partial charge in [0.2, 0.25) is 0 Å². The highest BCUT2D eigenvalue weighted by molar-refractivity contribution is 7.99. The normalized spacial score (nSPS) is 25.2. The fourth-order valence-corrected chi connectivity index (χ4v) is 11.4. The molecule has 21 heteroatoms. The molecular weight excluding hydrogens is 888 g/mol. The molecule has 2 aliphatic rings. The van der Waals surface area contributed by atoms with Crippen molar-refractivity contribution in [1.82, 2.24) is 14.8 Å². The van der Waals surface area contributed by atoms with Crippen LogP contribution < -0.4 is 5.32 Å². The Morgan fingerprint density at radius 3 is 2.08 bits per heavy atom. The maximum absolute atomic E-state index is 13.1. The van der Waals surface area contributed by atoms with Gasteiger partial charge in [-0.15, -0.1) is 69.6 Å². The summed E-state index contributed by atoms with van der Waals surface area (Å²) in [6.07, 6.45) is -3.18. The Kier molecular flexibility index (Phi) is 12.7. The Labute approximate surface area is 331 Å². The molecule has 2 aliphatic carbocycles. The third-order valence-electron chi connectivity index (χ3n) is 7.97. The molecule has 0 radical (unpaired) electrons. The smallest absolute Gasteiger partial charge is 0.363 e. The van der Waals surface area contributed by atoms with E-state index in [9.17, 15) is 27.2 Å². The van der Waals surface area contributed by atoms with Crippen molar-refractivity contribution in [3.8, 4) is 11.8 Å². The molecule has 1 aromatic carbocycles. The number of nitrogens with one attached hydrogen (secondary N) is 1. The van der Waals surface area contributed by atoms with Crippen LogP contribution in [0.2, 0.25) is 10.0 Å². The number of benzene rings is 1. The van der Waals surface area contributed by atoms with E-state index in [4.69, 9.17) is 116 Å². The van der Waals surface area contributed by atoms with Crippen LogP contribution in [0.5, 0.6) is 0 Å². The molecule has 0 amide bonds. The van der Waals surface area contributed by atoms with Crippen LogP contribution >= 0.6 is 128 Å². The molecule has 3 aromatic rings. The van der Waals surface area contributed by atoms with Gasteiger partial charge in [0.05, 0.1) is 43.5 Å². The van der Waals surface area contributed by atoms with E-state index in [0.717, 1.165) is 4.68 Å². The number of fused-ring (bicyclic) bond motifs is 2. The molecule has 0 spiro atoms. The van der Waals surface area contributed by atoms with Crippen LogP contribution in [0.25, 0.3) is 5.69 Å². The van der Waals surface area contributed by atoms with E-state index in [0.29, 0.717) is 23.4 Å². The molecule has 2 heterocycles. The molecule has 0 saturated heterocycles. The number of aromatic nitrogens is 3. The lowest BCUT2D eigenvalue weighted by molar-refractivity contribution is -0.137. The van der Waals surface area contributed by atoms with E-state index in [1.54, 1.807) is 24.3 Å². The lowest BCUT2D eigenvalue weighted by Gasteiger charge is -2.46. The Bertz CT molecular complexity index is 1750. The van der Waals surface area contributed by atoms with Crippen LogP contribution in [0.4, 0.5) is 27.8 Å². The topological polar surface area (TPSA) is 66.5 Å². The number of pyridine rings is 1. The van der Waals surface area contributed by atoms with Crippen molar-refractivity contribution in [2.75, 3.05) is 17.1 Å². The molecule has 5 rings (SSSR count). The molecular formula is C28H18Cl10F5N5S. The summed E-state index contributed by atoms with van der Waals surface area (Å²) in [6.45, 7) is 3.98. The van der Waals surface area contributed by atoms with Gasteiger partial charge in [-0.3, -0.25) is 4.98 Å². The fourth-order valence-electron chi connectivity index (χ4n) is 5.50. The van der Waals surface area contributed by atoms with E-state index < -0.39 is 57.8 Å². The second-order valence-electron chi connectivity index (χ2n) is 10.5. The van der Waals surface area contributed by atoms with Crippen molar-refractivity contribution in [2.45, 2.75) is 48.2 Å². The maximum atomic E-state index is 13.1. The average Bonchev–Trinajstić information content (AvgIpc) is 3.46. The van der Waals surface area contributed by atoms with Gasteiger partial charge < -0.3 is 5.32 Å². The molecule has 5 nitrogen and oxygen atoms in total. The predicted molar refractivity (Wildman–Crippen MR) is 191 cm³/mol. The molecule has 4 atom stereocenters. The second kappa shape index (κ2) is 15.1. The minimum absolute atomic E-state index is 0.0457. The zero-order valence-electron chi connectivity index (χ0n) is 23.9. The molecule has 266 valence electrons. The minimum atomic E-state index is -4.70. The fraction of sp³-hybridized carbons (Fsp3) is 0.393. The van der Waals surface area contributed by atoms with Crippen molar-refractivity contribution in [2.24, 2.45) is 5.41 Å². The van der Waals surface area contributed by atoms with Crippen molar-refractivity contribution < 1.29 is 22.0 Å².